The first-order valence-corrected chi connectivity index (χ1v) is 10.9. The number of carbonyl (C=O) groups excluding carboxylic acids is 1. The Labute approximate surface area is 192 Å². The highest BCUT2D eigenvalue weighted by molar-refractivity contribution is 6.31. The molecule has 0 bridgehead atoms. The summed E-state index contributed by atoms with van der Waals surface area (Å²) in [6.07, 6.45) is 1.50. The van der Waals surface area contributed by atoms with E-state index in [0.717, 1.165) is 23.1 Å². The minimum absolute atomic E-state index is 0.169. The molecule has 6 heteroatoms. The number of nitrogens with zero attached hydrogens (tertiary/aromatic N) is 1. The van der Waals surface area contributed by atoms with Crippen molar-refractivity contribution in [2.75, 3.05) is 20.8 Å². The Morgan fingerprint density at radius 3 is 2.41 bits per heavy atom. The van der Waals surface area contributed by atoms with E-state index in [0.29, 0.717) is 30.0 Å². The van der Waals surface area contributed by atoms with Crippen LogP contribution in [0.5, 0.6) is 11.5 Å². The van der Waals surface area contributed by atoms with Crippen LogP contribution >= 0.6 is 11.6 Å². The van der Waals surface area contributed by atoms with Gasteiger partial charge in [0.1, 0.15) is 5.82 Å². The standard InChI is InChI=1S/C26H25ClFNO3/c1-4-16-8-10-17(11-9-16)26(30)29-13-12-18-14-22(31-2)23(32-3)15-19(18)25(29)24-20(27)6-5-7-21(24)28/h5-11,14-15,25H,4,12-13H2,1-3H3/t25-/m1/s1. The van der Waals surface area contributed by atoms with Gasteiger partial charge in [-0.2, -0.15) is 0 Å². The number of fused-ring (bicyclic) bond motifs is 1. The average molecular weight is 454 g/mol. The van der Waals surface area contributed by atoms with Crippen LogP contribution in [0.4, 0.5) is 4.39 Å². The average Bonchev–Trinajstić information content (AvgIpc) is 2.82. The highest BCUT2D eigenvalue weighted by Crippen LogP contribution is 2.44. The SMILES string of the molecule is CCc1ccc(C(=O)N2CCc3cc(OC)c(OC)cc3[C@@H]2c2c(F)cccc2Cl)cc1. The lowest BCUT2D eigenvalue weighted by Gasteiger charge is -2.38. The highest BCUT2D eigenvalue weighted by Gasteiger charge is 2.36. The van der Waals surface area contributed by atoms with Crippen LogP contribution in [-0.4, -0.2) is 31.6 Å². The molecule has 0 spiro atoms. The van der Waals surface area contributed by atoms with E-state index in [-0.39, 0.29) is 16.5 Å². The Hall–Kier alpha value is -3.05. The van der Waals surface area contributed by atoms with Gasteiger partial charge in [0.05, 0.1) is 20.3 Å². The Morgan fingerprint density at radius 2 is 1.78 bits per heavy atom. The first kappa shape index (κ1) is 22.2. The summed E-state index contributed by atoms with van der Waals surface area (Å²) >= 11 is 6.48. The summed E-state index contributed by atoms with van der Waals surface area (Å²) in [6.45, 7) is 2.49. The zero-order valence-corrected chi connectivity index (χ0v) is 19.1. The molecule has 0 aliphatic carbocycles. The molecule has 3 aromatic rings. The summed E-state index contributed by atoms with van der Waals surface area (Å²) in [5.41, 5.74) is 3.73. The highest BCUT2D eigenvalue weighted by atomic mass is 35.5. The Balaban J connectivity index is 1.88. The largest absolute Gasteiger partial charge is 0.493 e. The number of benzene rings is 3. The lowest BCUT2D eigenvalue weighted by molar-refractivity contribution is 0.0691. The van der Waals surface area contributed by atoms with Crippen molar-refractivity contribution in [1.82, 2.24) is 4.90 Å². The number of methoxy groups -OCH3 is 2. The lowest BCUT2D eigenvalue weighted by atomic mass is 9.86. The molecule has 1 aliphatic rings. The number of hydrogen-bond acceptors (Lipinski definition) is 3. The second kappa shape index (κ2) is 9.21. The van der Waals surface area contributed by atoms with Gasteiger partial charge in [-0.1, -0.05) is 36.7 Å². The van der Waals surface area contributed by atoms with Gasteiger partial charge in [0.15, 0.2) is 11.5 Å². The van der Waals surface area contributed by atoms with Crippen LogP contribution in [0.2, 0.25) is 5.02 Å². The van der Waals surface area contributed by atoms with Gasteiger partial charge in [-0.25, -0.2) is 4.39 Å². The number of ether oxygens (including phenoxy) is 2. The summed E-state index contributed by atoms with van der Waals surface area (Å²) in [4.78, 5) is 15.3. The maximum Gasteiger partial charge on any atom is 0.254 e. The normalized spacial score (nSPS) is 15.3. The molecule has 166 valence electrons. The van der Waals surface area contributed by atoms with Crippen molar-refractivity contribution in [3.63, 3.8) is 0 Å². The minimum atomic E-state index is -0.689. The van der Waals surface area contributed by atoms with Gasteiger partial charge >= 0.3 is 0 Å². The van der Waals surface area contributed by atoms with Crippen molar-refractivity contribution in [1.29, 1.82) is 0 Å². The van der Waals surface area contributed by atoms with Crippen LogP contribution in [0.15, 0.2) is 54.6 Å². The van der Waals surface area contributed by atoms with E-state index in [2.05, 4.69) is 6.92 Å². The van der Waals surface area contributed by atoms with E-state index in [1.807, 2.05) is 36.4 Å². The molecule has 1 amide bonds. The fraction of sp³-hybridized carbons (Fsp3) is 0.269. The van der Waals surface area contributed by atoms with Gasteiger partial charge in [0.2, 0.25) is 0 Å². The molecule has 4 nitrogen and oxygen atoms in total. The smallest absolute Gasteiger partial charge is 0.254 e. The number of rotatable bonds is 5. The van der Waals surface area contributed by atoms with Crippen LogP contribution in [0.1, 0.15) is 45.6 Å². The fourth-order valence-corrected chi connectivity index (χ4v) is 4.56. The van der Waals surface area contributed by atoms with Crippen molar-refractivity contribution >= 4 is 17.5 Å². The van der Waals surface area contributed by atoms with E-state index in [1.54, 1.807) is 31.3 Å². The molecule has 1 heterocycles. The number of aryl methyl sites for hydroxylation is 1. The van der Waals surface area contributed by atoms with Crippen molar-refractivity contribution in [3.05, 3.63) is 93.3 Å². The third-order valence-electron chi connectivity index (χ3n) is 6.02. The molecule has 3 aromatic carbocycles. The predicted molar refractivity (Wildman–Crippen MR) is 123 cm³/mol. The summed E-state index contributed by atoms with van der Waals surface area (Å²) < 4.78 is 26.1. The second-order valence-electron chi connectivity index (χ2n) is 7.74. The monoisotopic (exact) mass is 453 g/mol. The van der Waals surface area contributed by atoms with Crippen LogP contribution in [0.3, 0.4) is 0 Å². The minimum Gasteiger partial charge on any atom is -0.493 e. The lowest BCUT2D eigenvalue weighted by Crippen LogP contribution is -2.41. The van der Waals surface area contributed by atoms with Gasteiger partial charge in [0.25, 0.3) is 5.91 Å². The first-order valence-electron chi connectivity index (χ1n) is 10.6. The molecular weight excluding hydrogens is 429 g/mol. The molecule has 0 radical (unpaired) electrons. The molecule has 4 rings (SSSR count). The van der Waals surface area contributed by atoms with Crippen LogP contribution in [0.25, 0.3) is 0 Å². The van der Waals surface area contributed by atoms with Gasteiger partial charge in [-0.05, 0) is 65.9 Å². The summed E-state index contributed by atoms with van der Waals surface area (Å²) in [6, 6.07) is 15.2. The van der Waals surface area contributed by atoms with Gasteiger partial charge in [-0.15, -0.1) is 0 Å². The number of carbonyl (C=O) groups is 1. The molecule has 0 aromatic heterocycles. The van der Waals surface area contributed by atoms with Crippen molar-refractivity contribution in [3.8, 4) is 11.5 Å². The van der Waals surface area contributed by atoms with E-state index >= 15 is 4.39 Å². The predicted octanol–water partition coefficient (Wildman–Crippen LogP) is 5.85. The number of hydrogen-bond donors (Lipinski definition) is 0. The number of amides is 1. The van der Waals surface area contributed by atoms with Crippen molar-refractivity contribution < 1.29 is 18.7 Å². The molecule has 0 N–H and O–H groups in total. The van der Waals surface area contributed by atoms with E-state index in [9.17, 15) is 4.79 Å². The van der Waals surface area contributed by atoms with Crippen molar-refractivity contribution in [2.45, 2.75) is 25.8 Å². The summed E-state index contributed by atoms with van der Waals surface area (Å²) in [7, 11) is 3.13. The quantitative estimate of drug-likeness (QED) is 0.486. The van der Waals surface area contributed by atoms with Crippen LogP contribution < -0.4 is 9.47 Å². The molecule has 0 fully saturated rings. The number of halogens is 2. The third-order valence-corrected chi connectivity index (χ3v) is 6.35. The zero-order valence-electron chi connectivity index (χ0n) is 18.3. The fourth-order valence-electron chi connectivity index (χ4n) is 4.30. The van der Waals surface area contributed by atoms with Crippen LogP contribution in [0, 0.1) is 5.82 Å². The topological polar surface area (TPSA) is 38.8 Å². The van der Waals surface area contributed by atoms with E-state index in [4.69, 9.17) is 21.1 Å². The molecule has 32 heavy (non-hydrogen) atoms. The summed E-state index contributed by atoms with van der Waals surface area (Å²) in [5.74, 6) is 0.492. The summed E-state index contributed by atoms with van der Waals surface area (Å²) in [5, 5.41) is 0.275. The Kier molecular flexibility index (Phi) is 6.38. The molecule has 0 saturated heterocycles. The van der Waals surface area contributed by atoms with Crippen molar-refractivity contribution in [2.24, 2.45) is 0 Å². The second-order valence-corrected chi connectivity index (χ2v) is 8.15. The maximum absolute atomic E-state index is 15.1. The molecule has 1 aliphatic heterocycles. The van der Waals surface area contributed by atoms with E-state index < -0.39 is 11.9 Å². The molecule has 0 saturated carbocycles. The molecule has 0 unspecified atom stereocenters. The zero-order chi connectivity index (χ0) is 22.8. The Morgan fingerprint density at radius 1 is 1.09 bits per heavy atom. The van der Waals surface area contributed by atoms with Gasteiger partial charge in [0, 0.05) is 22.7 Å². The van der Waals surface area contributed by atoms with Gasteiger partial charge < -0.3 is 14.4 Å². The van der Waals surface area contributed by atoms with E-state index in [1.165, 1.54) is 6.07 Å². The maximum atomic E-state index is 15.1. The Bertz CT molecular complexity index is 1130. The van der Waals surface area contributed by atoms with Crippen LogP contribution in [-0.2, 0) is 12.8 Å². The molecule has 1 atom stereocenters. The van der Waals surface area contributed by atoms with Gasteiger partial charge in [-0.3, -0.25) is 4.79 Å². The molecular formula is C26H25ClFNO3. The first-order chi connectivity index (χ1) is 15.5. The third kappa shape index (κ3) is 3.93.